The maximum atomic E-state index is 10.9. The van der Waals surface area contributed by atoms with Crippen LogP contribution in [0, 0.1) is 0 Å². The molecule has 0 atom stereocenters. The molecular weight excluding hydrogens is 178 g/mol. The Labute approximate surface area is 85.6 Å². The Bertz CT molecular complexity index is 199. The lowest BCUT2D eigenvalue weighted by atomic mass is 10.1. The topological polar surface area (TPSA) is 46.2 Å². The predicted molar refractivity (Wildman–Crippen MR) is 57.0 cm³/mol. The van der Waals surface area contributed by atoms with E-state index in [9.17, 15) is 9.59 Å². The van der Waals surface area contributed by atoms with Crippen molar-refractivity contribution < 1.29 is 9.59 Å². The van der Waals surface area contributed by atoms with E-state index in [0.29, 0.717) is 19.4 Å². The first kappa shape index (κ1) is 12.9. The van der Waals surface area contributed by atoms with Crippen LogP contribution in [-0.2, 0) is 9.59 Å². The lowest BCUT2D eigenvalue weighted by Gasteiger charge is -2.02. The summed E-state index contributed by atoms with van der Waals surface area (Å²) in [5.41, 5.74) is 0. The van der Waals surface area contributed by atoms with Crippen LogP contribution in [0.4, 0.5) is 0 Å². The first-order valence-electron chi connectivity index (χ1n) is 5.04. The summed E-state index contributed by atoms with van der Waals surface area (Å²) in [6.07, 6.45) is 5.48. The molecular formula is C11H19NO2. The van der Waals surface area contributed by atoms with Crippen molar-refractivity contribution in [2.45, 2.75) is 39.0 Å². The van der Waals surface area contributed by atoms with Crippen LogP contribution in [0.15, 0.2) is 12.7 Å². The molecule has 0 aromatic heterocycles. The molecule has 0 aliphatic rings. The molecule has 3 nitrogen and oxygen atoms in total. The normalized spacial score (nSPS) is 9.50. The predicted octanol–water partition coefficient (Wildman–Crippen LogP) is 1.83. The zero-order valence-electron chi connectivity index (χ0n) is 8.84. The van der Waals surface area contributed by atoms with Crippen LogP contribution < -0.4 is 5.32 Å². The van der Waals surface area contributed by atoms with Gasteiger partial charge >= 0.3 is 0 Å². The Kier molecular flexibility index (Phi) is 7.80. The van der Waals surface area contributed by atoms with Gasteiger partial charge in [0.1, 0.15) is 5.78 Å². The van der Waals surface area contributed by atoms with Gasteiger partial charge < -0.3 is 10.1 Å². The van der Waals surface area contributed by atoms with Crippen molar-refractivity contribution in [1.29, 1.82) is 0 Å². The highest BCUT2D eigenvalue weighted by atomic mass is 16.1. The molecule has 0 rings (SSSR count). The molecule has 3 heteroatoms. The van der Waals surface area contributed by atoms with E-state index in [-0.39, 0.29) is 11.7 Å². The summed E-state index contributed by atoms with van der Waals surface area (Å²) in [5, 5.41) is 2.78. The van der Waals surface area contributed by atoms with Crippen molar-refractivity contribution in [2.75, 3.05) is 6.54 Å². The zero-order chi connectivity index (χ0) is 10.8. The van der Waals surface area contributed by atoms with Crippen molar-refractivity contribution in [3.05, 3.63) is 12.7 Å². The number of rotatable bonds is 8. The van der Waals surface area contributed by atoms with E-state index in [1.165, 1.54) is 0 Å². The van der Waals surface area contributed by atoms with E-state index in [0.717, 1.165) is 19.3 Å². The molecule has 0 saturated carbocycles. The summed E-state index contributed by atoms with van der Waals surface area (Å²) in [6.45, 7) is 5.78. The molecule has 0 bridgehead atoms. The fourth-order valence-electron chi connectivity index (χ4n) is 1.11. The number of carbonyl (C=O) groups excluding carboxylic acids is 2. The number of carbonyl (C=O) groups is 2. The number of ketones is 1. The second-order valence-electron chi connectivity index (χ2n) is 3.36. The quantitative estimate of drug-likeness (QED) is 0.476. The minimum absolute atomic E-state index is 0.0200. The van der Waals surface area contributed by atoms with Gasteiger partial charge in [0.25, 0.3) is 0 Å². The van der Waals surface area contributed by atoms with Crippen LogP contribution in [-0.4, -0.2) is 18.2 Å². The van der Waals surface area contributed by atoms with E-state index >= 15 is 0 Å². The highest BCUT2D eigenvalue weighted by Gasteiger charge is 1.97. The number of Topliss-reactive ketones (excluding diaryl/α,β-unsaturated/α-hetero) is 1. The van der Waals surface area contributed by atoms with E-state index in [1.807, 2.05) is 0 Å². The van der Waals surface area contributed by atoms with Crippen LogP contribution in [0.3, 0.4) is 0 Å². The molecule has 14 heavy (non-hydrogen) atoms. The average Bonchev–Trinajstić information content (AvgIpc) is 2.11. The zero-order valence-corrected chi connectivity index (χ0v) is 8.84. The molecule has 1 N–H and O–H groups in total. The summed E-state index contributed by atoms with van der Waals surface area (Å²) in [4.78, 5) is 21.5. The number of nitrogens with one attached hydrogen (secondary N) is 1. The summed E-state index contributed by atoms with van der Waals surface area (Å²) in [6, 6.07) is 0. The van der Waals surface area contributed by atoms with Gasteiger partial charge in [0.15, 0.2) is 0 Å². The van der Waals surface area contributed by atoms with Gasteiger partial charge in [-0.3, -0.25) is 4.79 Å². The van der Waals surface area contributed by atoms with Crippen molar-refractivity contribution in [1.82, 2.24) is 5.32 Å². The van der Waals surface area contributed by atoms with Gasteiger partial charge in [-0.2, -0.15) is 0 Å². The van der Waals surface area contributed by atoms with Crippen LogP contribution >= 0.6 is 0 Å². The second-order valence-corrected chi connectivity index (χ2v) is 3.36. The number of hydrogen-bond donors (Lipinski definition) is 1. The Balaban J connectivity index is 3.17. The Morgan fingerprint density at radius 1 is 1.29 bits per heavy atom. The van der Waals surface area contributed by atoms with E-state index in [1.54, 1.807) is 13.0 Å². The molecule has 0 saturated heterocycles. The van der Waals surface area contributed by atoms with Gasteiger partial charge in [-0.15, -0.1) is 6.58 Å². The van der Waals surface area contributed by atoms with E-state index in [2.05, 4.69) is 11.9 Å². The van der Waals surface area contributed by atoms with Crippen molar-refractivity contribution >= 4 is 11.7 Å². The molecule has 0 aromatic rings. The van der Waals surface area contributed by atoms with Gasteiger partial charge in [0.2, 0.25) is 5.91 Å². The summed E-state index contributed by atoms with van der Waals surface area (Å²) in [5.74, 6) is 0.257. The molecule has 0 aliphatic heterocycles. The largest absolute Gasteiger partial charge is 0.356 e. The minimum Gasteiger partial charge on any atom is -0.356 e. The third-order valence-corrected chi connectivity index (χ3v) is 1.86. The lowest BCUT2D eigenvalue weighted by Crippen LogP contribution is -2.23. The van der Waals surface area contributed by atoms with Gasteiger partial charge in [0, 0.05) is 19.4 Å². The maximum absolute atomic E-state index is 10.9. The third-order valence-electron chi connectivity index (χ3n) is 1.86. The maximum Gasteiger partial charge on any atom is 0.223 e. The van der Waals surface area contributed by atoms with Crippen LogP contribution in [0.25, 0.3) is 0 Å². The van der Waals surface area contributed by atoms with Crippen LogP contribution in [0.2, 0.25) is 0 Å². The summed E-state index contributed by atoms with van der Waals surface area (Å²) in [7, 11) is 0. The number of unbranched alkanes of at least 4 members (excludes halogenated alkanes) is 2. The van der Waals surface area contributed by atoms with Gasteiger partial charge in [-0.05, 0) is 19.8 Å². The van der Waals surface area contributed by atoms with Crippen LogP contribution in [0.5, 0.6) is 0 Å². The Hall–Kier alpha value is -1.12. The standard InChI is InChI=1S/C11H19NO2/c1-3-7-11(14)12-9-6-4-5-8-10(2)13/h3H,1,4-9H2,2H3,(H,12,14). The third kappa shape index (κ3) is 8.97. The van der Waals surface area contributed by atoms with Gasteiger partial charge in [-0.25, -0.2) is 0 Å². The van der Waals surface area contributed by atoms with Crippen molar-refractivity contribution in [2.24, 2.45) is 0 Å². The SMILES string of the molecule is C=CCC(=O)NCCCCCC(C)=O. The molecule has 0 aliphatic carbocycles. The lowest BCUT2D eigenvalue weighted by molar-refractivity contribution is -0.120. The minimum atomic E-state index is 0.0200. The first-order valence-corrected chi connectivity index (χ1v) is 5.04. The molecule has 0 radical (unpaired) electrons. The smallest absolute Gasteiger partial charge is 0.223 e. The number of hydrogen-bond acceptors (Lipinski definition) is 2. The highest BCUT2D eigenvalue weighted by molar-refractivity contribution is 5.77. The van der Waals surface area contributed by atoms with Crippen LogP contribution in [0.1, 0.15) is 39.0 Å². The van der Waals surface area contributed by atoms with Crippen molar-refractivity contribution in [3.8, 4) is 0 Å². The van der Waals surface area contributed by atoms with E-state index < -0.39 is 0 Å². The van der Waals surface area contributed by atoms with Gasteiger partial charge in [0.05, 0.1) is 0 Å². The number of amides is 1. The monoisotopic (exact) mass is 197 g/mol. The highest BCUT2D eigenvalue weighted by Crippen LogP contribution is 1.99. The fourth-order valence-corrected chi connectivity index (χ4v) is 1.11. The molecule has 1 amide bonds. The molecule has 0 aromatic carbocycles. The molecule has 0 spiro atoms. The second kappa shape index (κ2) is 8.48. The molecule has 80 valence electrons. The Morgan fingerprint density at radius 2 is 2.00 bits per heavy atom. The summed E-state index contributed by atoms with van der Waals surface area (Å²) < 4.78 is 0. The van der Waals surface area contributed by atoms with Gasteiger partial charge in [-0.1, -0.05) is 12.5 Å². The first-order chi connectivity index (χ1) is 6.66. The fraction of sp³-hybridized carbons (Fsp3) is 0.636. The van der Waals surface area contributed by atoms with Crippen molar-refractivity contribution in [3.63, 3.8) is 0 Å². The molecule has 0 fully saturated rings. The summed E-state index contributed by atoms with van der Waals surface area (Å²) >= 11 is 0. The molecule has 0 heterocycles. The molecule has 0 unspecified atom stereocenters. The Morgan fingerprint density at radius 3 is 2.57 bits per heavy atom. The van der Waals surface area contributed by atoms with E-state index in [4.69, 9.17) is 0 Å². The average molecular weight is 197 g/mol.